The van der Waals surface area contributed by atoms with Gasteiger partial charge in [-0.1, -0.05) is 13.0 Å². The lowest BCUT2D eigenvalue weighted by Crippen LogP contribution is -2.25. The van der Waals surface area contributed by atoms with E-state index >= 15 is 0 Å². The van der Waals surface area contributed by atoms with Crippen molar-refractivity contribution in [3.05, 3.63) is 59.2 Å². The van der Waals surface area contributed by atoms with Crippen molar-refractivity contribution in [2.24, 2.45) is 5.92 Å². The van der Waals surface area contributed by atoms with Crippen LogP contribution in [0.2, 0.25) is 0 Å². The quantitative estimate of drug-likeness (QED) is 0.752. The van der Waals surface area contributed by atoms with E-state index in [1.165, 1.54) is 0 Å². The third-order valence-electron chi connectivity index (χ3n) is 3.61. The predicted octanol–water partition coefficient (Wildman–Crippen LogP) is 4.59. The molecule has 23 heavy (non-hydrogen) atoms. The average Bonchev–Trinajstić information content (AvgIpc) is 2.51. The summed E-state index contributed by atoms with van der Waals surface area (Å²) in [5, 5.41) is 0. The minimum Gasteiger partial charge on any atom is -0.348 e. The van der Waals surface area contributed by atoms with Gasteiger partial charge in [0.25, 0.3) is 0 Å². The van der Waals surface area contributed by atoms with E-state index in [2.05, 4.69) is 0 Å². The third-order valence-corrected chi connectivity index (χ3v) is 3.61. The van der Waals surface area contributed by atoms with Gasteiger partial charge in [-0.2, -0.15) is 0 Å². The minimum atomic E-state index is -1.17. The molecule has 0 spiro atoms. The first-order valence-corrected chi connectivity index (χ1v) is 7.13. The molecule has 0 unspecified atom stereocenters. The SMILES string of the molecule is CC1COC(c2cc(F)c(-c3ccc(F)c(F)c3)c(F)c2)OC1. The van der Waals surface area contributed by atoms with Crippen LogP contribution in [0.4, 0.5) is 17.6 Å². The van der Waals surface area contributed by atoms with Crippen molar-refractivity contribution in [2.45, 2.75) is 13.2 Å². The van der Waals surface area contributed by atoms with Crippen molar-refractivity contribution in [2.75, 3.05) is 13.2 Å². The van der Waals surface area contributed by atoms with E-state index in [4.69, 9.17) is 9.47 Å². The minimum absolute atomic E-state index is 0.0791. The second-order valence-corrected chi connectivity index (χ2v) is 5.59. The normalized spacial score (nSPS) is 21.4. The maximum Gasteiger partial charge on any atom is 0.184 e. The molecule has 0 radical (unpaired) electrons. The molecule has 0 saturated carbocycles. The summed E-state index contributed by atoms with van der Waals surface area (Å²) in [4.78, 5) is 0. The molecule has 1 heterocycles. The van der Waals surface area contributed by atoms with E-state index in [-0.39, 0.29) is 17.0 Å². The number of benzene rings is 2. The van der Waals surface area contributed by atoms with Crippen LogP contribution < -0.4 is 0 Å². The van der Waals surface area contributed by atoms with Crippen LogP contribution in [0.15, 0.2) is 30.3 Å². The van der Waals surface area contributed by atoms with Crippen molar-refractivity contribution in [1.82, 2.24) is 0 Å². The Morgan fingerprint density at radius 2 is 1.43 bits per heavy atom. The van der Waals surface area contributed by atoms with Crippen LogP contribution in [0.5, 0.6) is 0 Å². The maximum absolute atomic E-state index is 14.3. The van der Waals surface area contributed by atoms with Gasteiger partial charge in [-0.25, -0.2) is 17.6 Å². The summed E-state index contributed by atoms with van der Waals surface area (Å²) in [5.74, 6) is -3.82. The highest BCUT2D eigenvalue weighted by atomic mass is 19.2. The van der Waals surface area contributed by atoms with Gasteiger partial charge in [-0.05, 0) is 29.8 Å². The second-order valence-electron chi connectivity index (χ2n) is 5.59. The van der Waals surface area contributed by atoms with Gasteiger partial charge in [-0.3, -0.25) is 0 Å². The lowest BCUT2D eigenvalue weighted by Gasteiger charge is -2.27. The zero-order valence-corrected chi connectivity index (χ0v) is 12.3. The van der Waals surface area contributed by atoms with Crippen molar-refractivity contribution >= 4 is 0 Å². The van der Waals surface area contributed by atoms with Gasteiger partial charge >= 0.3 is 0 Å². The summed E-state index contributed by atoms with van der Waals surface area (Å²) in [6.07, 6.45) is -0.839. The van der Waals surface area contributed by atoms with Crippen molar-refractivity contribution in [3.63, 3.8) is 0 Å². The van der Waals surface area contributed by atoms with Crippen LogP contribution in [0, 0.1) is 29.2 Å². The number of rotatable bonds is 2. The Labute approximate surface area is 130 Å². The Morgan fingerprint density at radius 1 is 0.826 bits per heavy atom. The molecule has 2 aromatic carbocycles. The standard InChI is InChI=1S/C17H14F4O2/c1-9-7-22-17(23-8-9)11-5-14(20)16(15(21)6-11)10-2-3-12(18)13(19)4-10/h2-6,9,17H,7-8H2,1H3. The molecule has 1 aliphatic rings. The summed E-state index contributed by atoms with van der Waals surface area (Å²) >= 11 is 0. The average molecular weight is 326 g/mol. The zero-order chi connectivity index (χ0) is 16.6. The molecule has 2 nitrogen and oxygen atoms in total. The number of hydrogen-bond donors (Lipinski definition) is 0. The molecule has 3 rings (SSSR count). The van der Waals surface area contributed by atoms with E-state index in [9.17, 15) is 17.6 Å². The molecule has 0 bridgehead atoms. The highest BCUT2D eigenvalue weighted by Gasteiger charge is 2.24. The zero-order valence-electron chi connectivity index (χ0n) is 12.3. The van der Waals surface area contributed by atoms with E-state index < -0.39 is 35.1 Å². The van der Waals surface area contributed by atoms with E-state index in [1.807, 2.05) is 6.92 Å². The highest BCUT2D eigenvalue weighted by molar-refractivity contribution is 5.65. The molecule has 1 fully saturated rings. The Kier molecular flexibility index (Phi) is 4.37. The summed E-state index contributed by atoms with van der Waals surface area (Å²) < 4.78 is 65.6. The molecule has 0 amide bonds. The lowest BCUT2D eigenvalue weighted by atomic mass is 10.0. The third kappa shape index (κ3) is 3.23. The molecule has 0 aromatic heterocycles. The van der Waals surface area contributed by atoms with Crippen LogP contribution in [-0.2, 0) is 9.47 Å². The second kappa shape index (κ2) is 6.29. The summed E-state index contributed by atoms with van der Waals surface area (Å²) in [5.41, 5.74) is -0.292. The molecule has 0 atom stereocenters. The van der Waals surface area contributed by atoms with Gasteiger partial charge in [0.1, 0.15) is 11.6 Å². The fourth-order valence-electron chi connectivity index (χ4n) is 2.45. The first-order chi connectivity index (χ1) is 11.0. The van der Waals surface area contributed by atoms with E-state index in [0.717, 1.165) is 30.3 Å². The number of hydrogen-bond acceptors (Lipinski definition) is 2. The van der Waals surface area contributed by atoms with Crippen LogP contribution >= 0.6 is 0 Å². The Bertz CT molecular complexity index is 702. The Balaban J connectivity index is 1.95. The Hall–Kier alpha value is -1.92. The topological polar surface area (TPSA) is 18.5 Å². The molecule has 0 N–H and O–H groups in total. The Morgan fingerprint density at radius 3 is 2.00 bits per heavy atom. The maximum atomic E-state index is 14.3. The van der Waals surface area contributed by atoms with E-state index in [1.54, 1.807) is 0 Å². The predicted molar refractivity (Wildman–Crippen MR) is 75.5 cm³/mol. The lowest BCUT2D eigenvalue weighted by molar-refractivity contribution is -0.202. The molecular weight excluding hydrogens is 312 g/mol. The molecule has 0 aliphatic carbocycles. The first-order valence-electron chi connectivity index (χ1n) is 7.13. The molecule has 2 aromatic rings. The van der Waals surface area contributed by atoms with E-state index in [0.29, 0.717) is 13.2 Å². The van der Waals surface area contributed by atoms with Gasteiger partial charge in [-0.15, -0.1) is 0 Å². The van der Waals surface area contributed by atoms with Gasteiger partial charge in [0, 0.05) is 11.5 Å². The van der Waals surface area contributed by atoms with Gasteiger partial charge in [0.05, 0.1) is 18.8 Å². The van der Waals surface area contributed by atoms with Gasteiger partial charge in [0.2, 0.25) is 0 Å². The molecule has 1 aliphatic heterocycles. The summed E-state index contributed by atoms with van der Waals surface area (Å²) in [6, 6.07) is 4.87. The van der Waals surface area contributed by atoms with Crippen LogP contribution in [0.3, 0.4) is 0 Å². The molecule has 1 saturated heterocycles. The van der Waals surface area contributed by atoms with Crippen molar-refractivity contribution in [3.8, 4) is 11.1 Å². The van der Waals surface area contributed by atoms with Gasteiger partial charge in [0.15, 0.2) is 17.9 Å². The van der Waals surface area contributed by atoms with Crippen molar-refractivity contribution in [1.29, 1.82) is 0 Å². The summed E-state index contributed by atoms with van der Waals surface area (Å²) in [7, 11) is 0. The fourth-order valence-corrected chi connectivity index (χ4v) is 2.45. The number of ether oxygens (including phenoxy) is 2. The van der Waals surface area contributed by atoms with Crippen LogP contribution in [-0.4, -0.2) is 13.2 Å². The van der Waals surface area contributed by atoms with Crippen LogP contribution in [0.25, 0.3) is 11.1 Å². The van der Waals surface area contributed by atoms with Crippen molar-refractivity contribution < 1.29 is 27.0 Å². The smallest absolute Gasteiger partial charge is 0.184 e. The fraction of sp³-hybridized carbons (Fsp3) is 0.294. The molecule has 6 heteroatoms. The first kappa shape index (κ1) is 16.0. The number of halogens is 4. The summed E-state index contributed by atoms with van der Waals surface area (Å²) in [6.45, 7) is 2.79. The van der Waals surface area contributed by atoms with Gasteiger partial charge < -0.3 is 9.47 Å². The van der Waals surface area contributed by atoms with Crippen LogP contribution in [0.1, 0.15) is 18.8 Å². The highest BCUT2D eigenvalue weighted by Crippen LogP contribution is 2.32. The monoisotopic (exact) mass is 326 g/mol. The molecule has 122 valence electrons. The largest absolute Gasteiger partial charge is 0.348 e. The molecular formula is C17H14F4O2.